The molecule has 0 radical (unpaired) electrons. The van der Waals surface area contributed by atoms with Crippen LogP contribution in [0.3, 0.4) is 0 Å². The molecule has 1 aliphatic carbocycles. The molecule has 0 aromatic heterocycles. The molecule has 19 heavy (non-hydrogen) atoms. The zero-order chi connectivity index (χ0) is 13.8. The van der Waals surface area contributed by atoms with Gasteiger partial charge in [-0.3, -0.25) is 9.59 Å². The maximum atomic E-state index is 11.8. The topological polar surface area (TPSA) is 58.2 Å². The van der Waals surface area contributed by atoms with Crippen molar-refractivity contribution in [3.8, 4) is 0 Å². The van der Waals surface area contributed by atoms with Crippen molar-refractivity contribution in [2.24, 2.45) is 0 Å². The van der Waals surface area contributed by atoms with E-state index < -0.39 is 0 Å². The Kier molecular flexibility index (Phi) is 5.04. The van der Waals surface area contributed by atoms with Crippen molar-refractivity contribution in [3.05, 3.63) is 32.4 Å². The third-order valence-electron chi connectivity index (χ3n) is 2.76. The molecule has 1 aromatic carbocycles. The van der Waals surface area contributed by atoms with Gasteiger partial charge in [-0.05, 0) is 53.6 Å². The first-order chi connectivity index (χ1) is 9.06. The van der Waals surface area contributed by atoms with Crippen LogP contribution in [0.25, 0.3) is 0 Å². The zero-order valence-corrected chi connectivity index (χ0v) is 13.1. The molecule has 0 atom stereocenters. The number of rotatable bonds is 5. The van der Waals surface area contributed by atoms with Crippen LogP contribution < -0.4 is 10.6 Å². The van der Waals surface area contributed by atoms with Gasteiger partial charge in [0.05, 0.1) is 5.02 Å². The Morgan fingerprint density at radius 1 is 1.37 bits per heavy atom. The zero-order valence-electron chi connectivity index (χ0n) is 10.2. The predicted octanol–water partition coefficient (Wildman–Crippen LogP) is 2.34. The van der Waals surface area contributed by atoms with Gasteiger partial charge in [0.15, 0.2) is 0 Å². The lowest BCUT2D eigenvalue weighted by molar-refractivity contribution is -0.121. The van der Waals surface area contributed by atoms with Crippen molar-refractivity contribution in [2.45, 2.75) is 25.3 Å². The van der Waals surface area contributed by atoms with E-state index in [0.29, 0.717) is 29.6 Å². The Morgan fingerprint density at radius 2 is 2.11 bits per heavy atom. The SMILES string of the molecule is O=C(CCNC(=O)c1ccc(I)c(Cl)c1)NC1CC1. The van der Waals surface area contributed by atoms with Gasteiger partial charge >= 0.3 is 0 Å². The van der Waals surface area contributed by atoms with E-state index in [1.165, 1.54) is 0 Å². The first-order valence-corrected chi connectivity index (χ1v) is 7.54. The molecular weight excluding hydrogens is 379 g/mol. The second-order valence-corrected chi connectivity index (χ2v) is 6.05. The minimum absolute atomic E-state index is 0.0107. The van der Waals surface area contributed by atoms with Crippen LogP contribution in [-0.2, 0) is 4.79 Å². The highest BCUT2D eigenvalue weighted by Gasteiger charge is 2.22. The average Bonchev–Trinajstić information content (AvgIpc) is 3.16. The molecule has 102 valence electrons. The van der Waals surface area contributed by atoms with Crippen molar-refractivity contribution in [3.63, 3.8) is 0 Å². The molecule has 2 N–H and O–H groups in total. The summed E-state index contributed by atoms with van der Waals surface area (Å²) in [7, 11) is 0. The second kappa shape index (κ2) is 6.56. The lowest BCUT2D eigenvalue weighted by Crippen LogP contribution is -2.31. The number of carbonyl (C=O) groups is 2. The number of halogens is 2. The van der Waals surface area contributed by atoms with E-state index in [-0.39, 0.29) is 11.8 Å². The van der Waals surface area contributed by atoms with Gasteiger partial charge in [-0.25, -0.2) is 0 Å². The summed E-state index contributed by atoms with van der Waals surface area (Å²) < 4.78 is 0.902. The fourth-order valence-electron chi connectivity index (χ4n) is 1.56. The van der Waals surface area contributed by atoms with Crippen LogP contribution in [0.1, 0.15) is 29.6 Å². The summed E-state index contributed by atoms with van der Waals surface area (Å²) in [6.07, 6.45) is 2.44. The molecule has 0 bridgehead atoms. The molecule has 2 amide bonds. The van der Waals surface area contributed by atoms with E-state index in [1.807, 2.05) is 0 Å². The van der Waals surface area contributed by atoms with Gasteiger partial charge in [-0.15, -0.1) is 0 Å². The molecule has 1 saturated carbocycles. The van der Waals surface area contributed by atoms with Crippen LogP contribution in [0.15, 0.2) is 18.2 Å². The number of nitrogens with one attached hydrogen (secondary N) is 2. The second-order valence-electron chi connectivity index (χ2n) is 4.48. The molecule has 0 spiro atoms. The monoisotopic (exact) mass is 392 g/mol. The maximum absolute atomic E-state index is 11.8. The van der Waals surface area contributed by atoms with Crippen LogP contribution in [0.4, 0.5) is 0 Å². The van der Waals surface area contributed by atoms with E-state index >= 15 is 0 Å². The lowest BCUT2D eigenvalue weighted by atomic mass is 10.2. The summed E-state index contributed by atoms with van der Waals surface area (Å²) in [6.45, 7) is 0.334. The summed E-state index contributed by atoms with van der Waals surface area (Å²) in [6, 6.07) is 5.49. The normalized spacial score (nSPS) is 14.0. The third kappa shape index (κ3) is 4.65. The highest BCUT2D eigenvalue weighted by atomic mass is 127. The molecule has 2 rings (SSSR count). The largest absolute Gasteiger partial charge is 0.353 e. The fraction of sp³-hybridized carbons (Fsp3) is 0.385. The Morgan fingerprint density at radius 3 is 2.74 bits per heavy atom. The van der Waals surface area contributed by atoms with E-state index in [2.05, 4.69) is 33.2 Å². The van der Waals surface area contributed by atoms with Crippen molar-refractivity contribution in [2.75, 3.05) is 6.54 Å². The summed E-state index contributed by atoms with van der Waals surface area (Å²) in [5, 5.41) is 6.14. The van der Waals surface area contributed by atoms with E-state index in [1.54, 1.807) is 18.2 Å². The molecule has 6 heteroatoms. The van der Waals surface area contributed by atoms with Crippen LogP contribution >= 0.6 is 34.2 Å². The quantitative estimate of drug-likeness (QED) is 0.756. The highest BCUT2D eigenvalue weighted by molar-refractivity contribution is 14.1. The minimum Gasteiger partial charge on any atom is -0.353 e. The summed E-state index contributed by atoms with van der Waals surface area (Å²) >= 11 is 8.06. The Bertz CT molecular complexity index is 503. The molecule has 0 heterocycles. The smallest absolute Gasteiger partial charge is 0.251 e. The predicted molar refractivity (Wildman–Crippen MR) is 82.3 cm³/mol. The van der Waals surface area contributed by atoms with Gasteiger partial charge in [-0.1, -0.05) is 11.6 Å². The highest BCUT2D eigenvalue weighted by Crippen LogP contribution is 2.19. The Labute approximate surface area is 130 Å². The molecule has 1 fully saturated rings. The fourth-order valence-corrected chi connectivity index (χ4v) is 2.07. The number of amides is 2. The molecule has 1 aliphatic rings. The van der Waals surface area contributed by atoms with Gasteiger partial charge < -0.3 is 10.6 Å². The number of carbonyl (C=O) groups excluding carboxylic acids is 2. The summed E-state index contributed by atoms with van der Waals surface area (Å²) in [5.74, 6) is -0.221. The summed E-state index contributed by atoms with van der Waals surface area (Å²) in [4.78, 5) is 23.2. The number of benzene rings is 1. The van der Waals surface area contributed by atoms with Crippen molar-refractivity contribution >= 4 is 46.0 Å². The Hall–Kier alpha value is -0.820. The van der Waals surface area contributed by atoms with Gasteiger partial charge in [0.2, 0.25) is 5.91 Å². The van der Waals surface area contributed by atoms with Crippen molar-refractivity contribution in [1.29, 1.82) is 0 Å². The molecule has 0 saturated heterocycles. The first-order valence-electron chi connectivity index (χ1n) is 6.09. The molecular formula is C13H14ClIN2O2. The van der Waals surface area contributed by atoms with Crippen LogP contribution in [0.5, 0.6) is 0 Å². The molecule has 0 unspecified atom stereocenters. The average molecular weight is 393 g/mol. The maximum Gasteiger partial charge on any atom is 0.251 e. The van der Waals surface area contributed by atoms with Crippen LogP contribution in [0, 0.1) is 3.57 Å². The molecule has 0 aliphatic heterocycles. The first kappa shape index (κ1) is 14.6. The van der Waals surface area contributed by atoms with Gasteiger partial charge in [0, 0.05) is 28.1 Å². The van der Waals surface area contributed by atoms with Crippen molar-refractivity contribution in [1.82, 2.24) is 10.6 Å². The Balaban J connectivity index is 1.76. The van der Waals surface area contributed by atoms with Crippen molar-refractivity contribution < 1.29 is 9.59 Å². The minimum atomic E-state index is -0.211. The molecule has 1 aromatic rings. The van der Waals surface area contributed by atoms with Gasteiger partial charge in [0.25, 0.3) is 5.91 Å². The standard InChI is InChI=1S/C13H14ClIN2O2/c14-10-7-8(1-4-11(10)15)13(19)16-6-5-12(18)17-9-2-3-9/h1,4,7,9H,2-3,5-6H2,(H,16,19)(H,17,18). The summed E-state index contributed by atoms with van der Waals surface area (Å²) in [5.41, 5.74) is 0.507. The van der Waals surface area contributed by atoms with E-state index in [9.17, 15) is 9.59 Å². The molecule has 4 nitrogen and oxygen atoms in total. The van der Waals surface area contributed by atoms with E-state index in [0.717, 1.165) is 16.4 Å². The van der Waals surface area contributed by atoms with E-state index in [4.69, 9.17) is 11.6 Å². The third-order valence-corrected chi connectivity index (χ3v) is 4.33. The lowest BCUT2D eigenvalue weighted by Gasteiger charge is -2.06. The van der Waals surface area contributed by atoms with Gasteiger partial charge in [-0.2, -0.15) is 0 Å². The van der Waals surface area contributed by atoms with Crippen LogP contribution in [0.2, 0.25) is 5.02 Å². The van der Waals surface area contributed by atoms with Gasteiger partial charge in [0.1, 0.15) is 0 Å². The number of hydrogen-bond donors (Lipinski definition) is 2. The van der Waals surface area contributed by atoms with Crippen LogP contribution in [-0.4, -0.2) is 24.4 Å². The number of hydrogen-bond acceptors (Lipinski definition) is 2.